The summed E-state index contributed by atoms with van der Waals surface area (Å²) >= 11 is 7.80. The lowest BCUT2D eigenvalue weighted by atomic mass is 10.1. The molecule has 1 saturated heterocycles. The van der Waals surface area contributed by atoms with Gasteiger partial charge in [-0.25, -0.2) is 9.97 Å². The average molecular weight is 469 g/mol. The number of nitrogens with one attached hydrogen (secondary N) is 1. The molecule has 0 unspecified atom stereocenters. The van der Waals surface area contributed by atoms with Crippen LogP contribution in [0.3, 0.4) is 0 Å². The molecule has 0 aliphatic carbocycles. The number of aromatic nitrogens is 3. The van der Waals surface area contributed by atoms with Crippen LogP contribution in [0.4, 0.5) is 5.82 Å². The van der Waals surface area contributed by atoms with Crippen LogP contribution in [-0.2, 0) is 12.3 Å². The van der Waals surface area contributed by atoms with Gasteiger partial charge in [-0.15, -0.1) is 0 Å². The van der Waals surface area contributed by atoms with E-state index in [1.165, 1.54) is 11.8 Å². The van der Waals surface area contributed by atoms with Gasteiger partial charge in [-0.2, -0.15) is 0 Å². The number of thioether (sulfide) groups is 1. The van der Waals surface area contributed by atoms with Gasteiger partial charge >= 0.3 is 0 Å². The predicted molar refractivity (Wildman–Crippen MR) is 128 cm³/mol. The fourth-order valence-corrected chi connectivity index (χ4v) is 4.37. The highest BCUT2D eigenvalue weighted by Gasteiger charge is 2.17. The number of carbonyl (C=O) groups is 1. The monoisotopic (exact) mass is 468 g/mol. The quantitative estimate of drug-likeness (QED) is 0.323. The van der Waals surface area contributed by atoms with Crippen molar-refractivity contribution in [2.24, 2.45) is 0 Å². The van der Waals surface area contributed by atoms with Crippen molar-refractivity contribution >= 4 is 35.1 Å². The van der Waals surface area contributed by atoms with E-state index in [-0.39, 0.29) is 5.91 Å². The minimum Gasteiger partial charge on any atom is -0.354 e. The second kappa shape index (κ2) is 10.8. The van der Waals surface area contributed by atoms with Crippen molar-refractivity contribution in [3.8, 4) is 0 Å². The first-order valence-electron chi connectivity index (χ1n) is 10.4. The third kappa shape index (κ3) is 6.18. The van der Waals surface area contributed by atoms with Crippen LogP contribution in [0.5, 0.6) is 0 Å². The zero-order chi connectivity index (χ0) is 22.3. The van der Waals surface area contributed by atoms with E-state index in [0.717, 1.165) is 43.1 Å². The third-order valence-electron chi connectivity index (χ3n) is 5.25. The van der Waals surface area contributed by atoms with Crippen molar-refractivity contribution < 1.29 is 4.79 Å². The van der Waals surface area contributed by atoms with Crippen molar-refractivity contribution in [2.75, 3.05) is 38.1 Å². The Hall–Kier alpha value is -2.68. The van der Waals surface area contributed by atoms with Crippen LogP contribution in [0.25, 0.3) is 0 Å². The number of hydrogen-bond donors (Lipinski definition) is 1. The van der Waals surface area contributed by atoms with Crippen LogP contribution in [0.15, 0.2) is 60.0 Å². The SMILES string of the molecule is CN1CCN(c2cc(Cl)nc(SCc3ccc(C(=O)NCc4cccnc4)cc3)n2)CC1. The van der Waals surface area contributed by atoms with Crippen LogP contribution in [0.2, 0.25) is 5.15 Å². The molecule has 2 aromatic heterocycles. The highest BCUT2D eigenvalue weighted by molar-refractivity contribution is 7.98. The summed E-state index contributed by atoms with van der Waals surface area (Å²) in [6.45, 7) is 4.32. The fourth-order valence-electron chi connectivity index (χ4n) is 3.33. The summed E-state index contributed by atoms with van der Waals surface area (Å²) in [6, 6.07) is 13.2. The molecule has 166 valence electrons. The maximum absolute atomic E-state index is 12.4. The zero-order valence-electron chi connectivity index (χ0n) is 17.9. The summed E-state index contributed by atoms with van der Waals surface area (Å²) in [6.07, 6.45) is 3.46. The number of carbonyl (C=O) groups excluding carboxylic acids is 1. The zero-order valence-corrected chi connectivity index (χ0v) is 19.4. The Morgan fingerprint density at radius 3 is 2.59 bits per heavy atom. The van der Waals surface area contributed by atoms with Crippen molar-refractivity contribution in [2.45, 2.75) is 17.5 Å². The largest absolute Gasteiger partial charge is 0.354 e. The normalized spacial score (nSPS) is 14.4. The van der Waals surface area contributed by atoms with Crippen molar-refractivity contribution in [1.29, 1.82) is 0 Å². The first-order chi connectivity index (χ1) is 15.6. The summed E-state index contributed by atoms with van der Waals surface area (Å²) < 4.78 is 0. The van der Waals surface area contributed by atoms with E-state index < -0.39 is 0 Å². The van der Waals surface area contributed by atoms with Gasteiger partial charge in [-0.05, 0) is 36.4 Å². The molecule has 0 bridgehead atoms. The maximum atomic E-state index is 12.4. The second-order valence-corrected chi connectivity index (χ2v) is 8.98. The van der Waals surface area contributed by atoms with Gasteiger partial charge in [0, 0.05) is 62.5 Å². The molecular weight excluding hydrogens is 444 g/mol. The summed E-state index contributed by atoms with van der Waals surface area (Å²) in [7, 11) is 2.13. The Balaban J connectivity index is 1.32. The molecule has 0 spiro atoms. The number of halogens is 1. The number of amides is 1. The van der Waals surface area contributed by atoms with Crippen LogP contribution in [0.1, 0.15) is 21.5 Å². The summed E-state index contributed by atoms with van der Waals surface area (Å²) in [4.78, 5) is 30.1. The molecule has 3 aromatic rings. The number of anilines is 1. The van der Waals surface area contributed by atoms with Gasteiger partial charge in [0.15, 0.2) is 5.16 Å². The number of piperazine rings is 1. The Morgan fingerprint density at radius 1 is 1.09 bits per heavy atom. The van der Waals surface area contributed by atoms with E-state index in [1.807, 2.05) is 42.5 Å². The molecule has 3 heterocycles. The minimum absolute atomic E-state index is 0.108. The molecule has 0 atom stereocenters. The van der Waals surface area contributed by atoms with Gasteiger partial charge < -0.3 is 15.1 Å². The highest BCUT2D eigenvalue weighted by atomic mass is 35.5. The van der Waals surface area contributed by atoms with Gasteiger partial charge in [0.2, 0.25) is 0 Å². The van der Waals surface area contributed by atoms with Crippen LogP contribution in [0, 0.1) is 0 Å². The number of rotatable bonds is 7. The van der Waals surface area contributed by atoms with Gasteiger partial charge in [0.05, 0.1) is 0 Å². The lowest BCUT2D eigenvalue weighted by molar-refractivity contribution is 0.0951. The molecule has 0 radical (unpaired) electrons. The van der Waals surface area contributed by atoms with E-state index in [2.05, 4.69) is 32.1 Å². The van der Waals surface area contributed by atoms with Crippen LogP contribution < -0.4 is 10.2 Å². The number of hydrogen-bond acceptors (Lipinski definition) is 7. The number of likely N-dealkylation sites (N-methyl/N-ethyl adjacent to an activating group) is 1. The Bertz CT molecular complexity index is 1040. The van der Waals surface area contributed by atoms with Gasteiger partial charge in [-0.3, -0.25) is 9.78 Å². The summed E-state index contributed by atoms with van der Waals surface area (Å²) in [5.41, 5.74) is 2.67. The molecule has 1 aliphatic rings. The second-order valence-electron chi connectivity index (χ2n) is 7.65. The van der Waals surface area contributed by atoms with Gasteiger partial charge in [0.1, 0.15) is 11.0 Å². The van der Waals surface area contributed by atoms with E-state index in [4.69, 9.17) is 16.6 Å². The average Bonchev–Trinajstić information content (AvgIpc) is 2.82. The molecule has 1 amide bonds. The molecule has 1 fully saturated rings. The first kappa shape index (κ1) is 22.5. The lowest BCUT2D eigenvalue weighted by Gasteiger charge is -2.33. The van der Waals surface area contributed by atoms with Crippen molar-refractivity contribution in [3.63, 3.8) is 0 Å². The standard InChI is InChI=1S/C23H25ClN6OS/c1-29-9-11-30(12-10-29)21-13-20(24)27-23(28-21)32-16-17-4-6-19(7-5-17)22(31)26-15-18-3-2-8-25-14-18/h2-8,13-14H,9-12,15-16H2,1H3,(H,26,31). The topological polar surface area (TPSA) is 74.2 Å². The Morgan fingerprint density at radius 2 is 1.88 bits per heavy atom. The Labute approximate surface area is 197 Å². The van der Waals surface area contributed by atoms with Crippen molar-refractivity contribution in [3.05, 3.63) is 76.7 Å². The summed E-state index contributed by atoms with van der Waals surface area (Å²) in [5.74, 6) is 1.46. The van der Waals surface area contributed by atoms with Gasteiger partial charge in [0.25, 0.3) is 5.91 Å². The predicted octanol–water partition coefficient (Wildman–Crippen LogP) is 3.50. The smallest absolute Gasteiger partial charge is 0.251 e. The maximum Gasteiger partial charge on any atom is 0.251 e. The minimum atomic E-state index is -0.108. The molecule has 32 heavy (non-hydrogen) atoms. The lowest BCUT2D eigenvalue weighted by Crippen LogP contribution is -2.44. The number of nitrogens with zero attached hydrogens (tertiary/aromatic N) is 5. The molecule has 7 nitrogen and oxygen atoms in total. The molecule has 1 aromatic carbocycles. The molecule has 1 aliphatic heterocycles. The third-order valence-corrected chi connectivity index (χ3v) is 6.36. The molecule has 9 heteroatoms. The van der Waals surface area contributed by atoms with E-state index in [1.54, 1.807) is 12.4 Å². The fraction of sp³-hybridized carbons (Fsp3) is 0.304. The molecule has 0 saturated carbocycles. The molecule has 4 rings (SSSR count). The highest BCUT2D eigenvalue weighted by Crippen LogP contribution is 2.25. The van der Waals surface area contributed by atoms with Crippen LogP contribution >= 0.6 is 23.4 Å². The first-order valence-corrected chi connectivity index (χ1v) is 11.8. The number of pyridine rings is 1. The van der Waals surface area contributed by atoms with Crippen molar-refractivity contribution in [1.82, 2.24) is 25.2 Å². The Kier molecular flexibility index (Phi) is 7.57. The van der Waals surface area contributed by atoms with Crippen LogP contribution in [-0.4, -0.2) is 59.0 Å². The van der Waals surface area contributed by atoms with E-state index >= 15 is 0 Å². The molecular formula is C23H25ClN6OS. The number of benzene rings is 1. The molecule has 1 N–H and O–H groups in total. The summed E-state index contributed by atoms with van der Waals surface area (Å²) in [5, 5.41) is 4.03. The van der Waals surface area contributed by atoms with Gasteiger partial charge in [-0.1, -0.05) is 41.6 Å². The van der Waals surface area contributed by atoms with E-state index in [0.29, 0.717) is 28.2 Å². The van der Waals surface area contributed by atoms with E-state index in [9.17, 15) is 4.79 Å².